The van der Waals surface area contributed by atoms with Gasteiger partial charge in [0.25, 0.3) is 0 Å². The molecule has 0 aliphatic carbocycles. The van der Waals surface area contributed by atoms with Gasteiger partial charge in [0.05, 0.1) is 25.5 Å². The van der Waals surface area contributed by atoms with Crippen LogP contribution in [0, 0.1) is 0 Å². The second-order valence-electron chi connectivity index (χ2n) is 5.64. The molecule has 0 saturated carbocycles. The molecular weight excluding hydrogens is 266 g/mol. The summed E-state index contributed by atoms with van der Waals surface area (Å²) in [7, 11) is 0. The Morgan fingerprint density at radius 3 is 2.43 bits per heavy atom. The number of ether oxygens (including phenoxy) is 3. The Labute approximate surface area is 128 Å². The lowest BCUT2D eigenvalue weighted by Gasteiger charge is -2.19. The van der Waals surface area contributed by atoms with E-state index in [1.54, 1.807) is 0 Å². The third kappa shape index (κ3) is 9.24. The first-order valence-electron chi connectivity index (χ1n) is 7.29. The van der Waals surface area contributed by atoms with E-state index in [9.17, 15) is 0 Å². The Morgan fingerprint density at radius 1 is 1.10 bits per heavy atom. The van der Waals surface area contributed by atoms with Gasteiger partial charge in [-0.05, 0) is 38.5 Å². The summed E-state index contributed by atoms with van der Waals surface area (Å²) in [5, 5.41) is 3.17. The Balaban J connectivity index is 1.96. The summed E-state index contributed by atoms with van der Waals surface area (Å²) in [6, 6.07) is 7.81. The molecule has 0 saturated heterocycles. The zero-order valence-electron chi connectivity index (χ0n) is 13.4. The molecule has 1 aromatic rings. The zero-order valence-corrected chi connectivity index (χ0v) is 13.4. The van der Waals surface area contributed by atoms with Crippen molar-refractivity contribution in [3.05, 3.63) is 36.4 Å². The van der Waals surface area contributed by atoms with E-state index < -0.39 is 0 Å². The lowest BCUT2D eigenvalue weighted by Crippen LogP contribution is -2.29. The van der Waals surface area contributed by atoms with Crippen LogP contribution in [0.25, 0.3) is 6.08 Å². The molecule has 0 aromatic heterocycles. The van der Waals surface area contributed by atoms with Crippen molar-refractivity contribution in [3.63, 3.8) is 0 Å². The van der Waals surface area contributed by atoms with Crippen molar-refractivity contribution in [3.8, 4) is 5.75 Å². The fourth-order valence-corrected chi connectivity index (χ4v) is 1.50. The lowest BCUT2D eigenvalue weighted by molar-refractivity contribution is -0.0159. The highest BCUT2D eigenvalue weighted by Gasteiger charge is 2.08. The van der Waals surface area contributed by atoms with E-state index >= 15 is 0 Å². The van der Waals surface area contributed by atoms with Gasteiger partial charge in [0, 0.05) is 6.54 Å². The van der Waals surface area contributed by atoms with E-state index in [-0.39, 0.29) is 5.60 Å². The number of benzene rings is 1. The quantitative estimate of drug-likeness (QED) is 0.531. The molecule has 0 spiro atoms. The fraction of sp³-hybridized carbons (Fsp3) is 0.529. The minimum absolute atomic E-state index is 0.108. The maximum atomic E-state index is 5.57. The van der Waals surface area contributed by atoms with Gasteiger partial charge in [-0.1, -0.05) is 24.8 Å². The highest BCUT2D eigenvalue weighted by atomic mass is 16.5. The van der Waals surface area contributed by atoms with Gasteiger partial charge in [-0.15, -0.1) is 0 Å². The number of nitrogens with one attached hydrogen (secondary N) is 1. The van der Waals surface area contributed by atoms with E-state index in [0.29, 0.717) is 26.6 Å². The Morgan fingerprint density at radius 2 is 1.81 bits per heavy atom. The van der Waals surface area contributed by atoms with Gasteiger partial charge in [0.2, 0.25) is 0 Å². The number of hydrogen-bond acceptors (Lipinski definition) is 4. The second-order valence-corrected chi connectivity index (χ2v) is 5.64. The predicted molar refractivity (Wildman–Crippen MR) is 86.6 cm³/mol. The Kier molecular flexibility index (Phi) is 8.05. The molecule has 0 fully saturated rings. The zero-order chi connectivity index (χ0) is 15.6. The molecule has 0 aliphatic rings. The second kappa shape index (κ2) is 9.55. The summed E-state index contributed by atoms with van der Waals surface area (Å²) >= 11 is 0. The summed E-state index contributed by atoms with van der Waals surface area (Å²) in [6.45, 7) is 12.9. The first kappa shape index (κ1) is 17.7. The van der Waals surface area contributed by atoms with Crippen molar-refractivity contribution in [1.29, 1.82) is 0 Å². The fourth-order valence-electron chi connectivity index (χ4n) is 1.50. The number of rotatable bonds is 10. The molecule has 0 aliphatic heterocycles. The molecule has 0 amide bonds. The Hall–Kier alpha value is -1.36. The van der Waals surface area contributed by atoms with Crippen LogP contribution in [0.15, 0.2) is 30.8 Å². The smallest absolute Gasteiger partial charge is 0.119 e. The van der Waals surface area contributed by atoms with Gasteiger partial charge in [-0.3, -0.25) is 5.32 Å². The van der Waals surface area contributed by atoms with Gasteiger partial charge in [-0.25, -0.2) is 0 Å². The van der Waals surface area contributed by atoms with Crippen LogP contribution in [-0.2, 0) is 9.47 Å². The van der Waals surface area contributed by atoms with E-state index in [4.69, 9.17) is 14.2 Å². The van der Waals surface area contributed by atoms with Gasteiger partial charge < -0.3 is 14.2 Å². The Bertz CT molecular complexity index is 395. The molecule has 1 N–H and O–H groups in total. The van der Waals surface area contributed by atoms with Gasteiger partial charge in [0.15, 0.2) is 0 Å². The first-order valence-corrected chi connectivity index (χ1v) is 7.29. The van der Waals surface area contributed by atoms with Crippen LogP contribution in [0.2, 0.25) is 0 Å². The van der Waals surface area contributed by atoms with Crippen molar-refractivity contribution in [2.45, 2.75) is 26.4 Å². The van der Waals surface area contributed by atoms with Crippen molar-refractivity contribution < 1.29 is 14.2 Å². The molecule has 0 radical (unpaired) electrons. The minimum Gasteiger partial charge on any atom is -0.491 e. The van der Waals surface area contributed by atoms with E-state index in [1.165, 1.54) is 0 Å². The summed E-state index contributed by atoms with van der Waals surface area (Å²) in [5.41, 5.74) is 0.977. The number of hydrogen-bond donors (Lipinski definition) is 1. The van der Waals surface area contributed by atoms with Crippen LogP contribution in [0.1, 0.15) is 26.3 Å². The lowest BCUT2D eigenvalue weighted by atomic mass is 10.2. The largest absolute Gasteiger partial charge is 0.491 e. The minimum atomic E-state index is -0.108. The van der Waals surface area contributed by atoms with E-state index in [0.717, 1.165) is 17.9 Å². The van der Waals surface area contributed by atoms with E-state index in [2.05, 4.69) is 11.9 Å². The summed E-state index contributed by atoms with van der Waals surface area (Å²) in [4.78, 5) is 0. The predicted octanol–water partition coefficient (Wildman–Crippen LogP) is 3.09. The average molecular weight is 293 g/mol. The van der Waals surface area contributed by atoms with Gasteiger partial charge in [-0.2, -0.15) is 0 Å². The summed E-state index contributed by atoms with van der Waals surface area (Å²) in [5.74, 6) is 0.848. The van der Waals surface area contributed by atoms with Crippen molar-refractivity contribution in [2.75, 3.05) is 33.1 Å². The molecule has 0 bridgehead atoms. The van der Waals surface area contributed by atoms with Crippen molar-refractivity contribution in [2.24, 2.45) is 0 Å². The van der Waals surface area contributed by atoms with Gasteiger partial charge in [0.1, 0.15) is 12.4 Å². The SMILES string of the molecule is C=Cc1ccc(OCCOCCNCOC(C)(C)C)cc1. The molecule has 4 nitrogen and oxygen atoms in total. The van der Waals surface area contributed by atoms with Crippen molar-refractivity contribution >= 4 is 6.08 Å². The topological polar surface area (TPSA) is 39.7 Å². The molecule has 1 rings (SSSR count). The van der Waals surface area contributed by atoms with Crippen LogP contribution >= 0.6 is 0 Å². The van der Waals surface area contributed by atoms with Crippen LogP contribution < -0.4 is 10.1 Å². The van der Waals surface area contributed by atoms with Gasteiger partial charge >= 0.3 is 0 Å². The average Bonchev–Trinajstić information content (AvgIpc) is 2.45. The standard InChI is InChI=1S/C17H27NO3/c1-5-15-6-8-16(9-7-15)20-13-12-19-11-10-18-14-21-17(2,3)4/h5-9,18H,1,10-14H2,2-4H3. The third-order valence-electron chi connectivity index (χ3n) is 2.64. The van der Waals surface area contributed by atoms with Crippen LogP contribution in [0.5, 0.6) is 5.75 Å². The first-order chi connectivity index (χ1) is 10.0. The molecule has 0 heterocycles. The molecule has 0 unspecified atom stereocenters. The molecular formula is C17H27NO3. The molecule has 4 heteroatoms. The summed E-state index contributed by atoms with van der Waals surface area (Å²) < 4.78 is 16.6. The van der Waals surface area contributed by atoms with E-state index in [1.807, 2.05) is 51.1 Å². The highest BCUT2D eigenvalue weighted by molar-refractivity contribution is 5.48. The molecule has 118 valence electrons. The molecule has 21 heavy (non-hydrogen) atoms. The molecule has 0 atom stereocenters. The monoisotopic (exact) mass is 293 g/mol. The molecule has 1 aromatic carbocycles. The maximum absolute atomic E-state index is 5.57. The normalized spacial score (nSPS) is 11.4. The highest BCUT2D eigenvalue weighted by Crippen LogP contribution is 2.12. The third-order valence-corrected chi connectivity index (χ3v) is 2.64. The summed E-state index contributed by atoms with van der Waals surface area (Å²) in [6.07, 6.45) is 1.81. The maximum Gasteiger partial charge on any atom is 0.119 e. The van der Waals surface area contributed by atoms with Crippen LogP contribution in [0.4, 0.5) is 0 Å². The van der Waals surface area contributed by atoms with Crippen molar-refractivity contribution in [1.82, 2.24) is 5.32 Å². The van der Waals surface area contributed by atoms with Crippen LogP contribution in [-0.4, -0.2) is 38.7 Å². The van der Waals surface area contributed by atoms with Crippen LogP contribution in [0.3, 0.4) is 0 Å².